The lowest BCUT2D eigenvalue weighted by Crippen LogP contribution is -2.11. The average molecular weight is 363 g/mol. The van der Waals surface area contributed by atoms with E-state index in [1.165, 1.54) is 0 Å². The van der Waals surface area contributed by atoms with Crippen LogP contribution in [0.25, 0.3) is 6.08 Å². The first-order valence-corrected chi connectivity index (χ1v) is 8.72. The largest absolute Gasteiger partial charge is 0.462 e. The van der Waals surface area contributed by atoms with Crippen LogP contribution >= 0.6 is 23.2 Å². The number of carbonyl (C=O) groups excluding carboxylic acids is 1. The highest BCUT2D eigenvalue weighted by molar-refractivity contribution is 6.30. The maximum absolute atomic E-state index is 12.4. The van der Waals surface area contributed by atoms with E-state index < -0.39 is 0 Å². The molecule has 0 aromatic heterocycles. The van der Waals surface area contributed by atoms with Crippen LogP contribution in [0, 0.1) is 0 Å². The highest BCUT2D eigenvalue weighted by Gasteiger charge is 2.12. The summed E-state index contributed by atoms with van der Waals surface area (Å²) in [7, 11) is 0. The number of unbranched alkanes of at least 4 members (excludes halogenated alkanes) is 1. The zero-order chi connectivity index (χ0) is 17.4. The van der Waals surface area contributed by atoms with Crippen LogP contribution in [0.15, 0.2) is 54.1 Å². The maximum atomic E-state index is 12.4. The number of halogens is 2. The summed E-state index contributed by atoms with van der Waals surface area (Å²) in [6.45, 7) is 2.50. The second-order valence-electron chi connectivity index (χ2n) is 5.51. The Morgan fingerprint density at radius 3 is 2.17 bits per heavy atom. The van der Waals surface area contributed by atoms with Crippen LogP contribution in [0.5, 0.6) is 0 Å². The Bertz CT molecular complexity index is 689. The third-order valence-corrected chi connectivity index (χ3v) is 4.02. The smallest absolute Gasteiger partial charge is 0.334 e. The molecule has 2 aromatic carbocycles. The van der Waals surface area contributed by atoms with Gasteiger partial charge in [0.2, 0.25) is 0 Å². The van der Waals surface area contributed by atoms with Crippen molar-refractivity contribution in [2.24, 2.45) is 0 Å². The molecule has 0 aliphatic carbocycles. The SMILES string of the molecule is CCCCOC(=O)/C(=C\c1ccc(Cl)cc1)Cc1ccc(Cl)cc1. The van der Waals surface area contributed by atoms with Gasteiger partial charge in [-0.05, 0) is 47.9 Å². The van der Waals surface area contributed by atoms with Gasteiger partial charge >= 0.3 is 5.97 Å². The quantitative estimate of drug-likeness (QED) is 0.345. The maximum Gasteiger partial charge on any atom is 0.334 e. The lowest BCUT2D eigenvalue weighted by molar-refractivity contribution is -0.139. The molecule has 0 bridgehead atoms. The molecule has 24 heavy (non-hydrogen) atoms. The van der Waals surface area contributed by atoms with Gasteiger partial charge in [0.1, 0.15) is 0 Å². The topological polar surface area (TPSA) is 26.3 Å². The third-order valence-electron chi connectivity index (χ3n) is 3.51. The molecule has 0 radical (unpaired) electrons. The number of hydrogen-bond acceptors (Lipinski definition) is 2. The molecule has 126 valence electrons. The van der Waals surface area contributed by atoms with E-state index >= 15 is 0 Å². The molecule has 0 fully saturated rings. The number of benzene rings is 2. The Labute approximate surface area is 153 Å². The number of hydrogen-bond donors (Lipinski definition) is 0. The fourth-order valence-electron chi connectivity index (χ4n) is 2.17. The van der Waals surface area contributed by atoms with Gasteiger partial charge < -0.3 is 4.74 Å². The normalized spacial score (nSPS) is 11.4. The molecule has 0 unspecified atom stereocenters. The first kappa shape index (κ1) is 18.6. The van der Waals surface area contributed by atoms with Gasteiger partial charge in [-0.3, -0.25) is 0 Å². The molecule has 0 N–H and O–H groups in total. The van der Waals surface area contributed by atoms with Gasteiger partial charge in [-0.25, -0.2) is 4.79 Å². The second kappa shape index (κ2) is 9.51. The van der Waals surface area contributed by atoms with E-state index in [2.05, 4.69) is 6.92 Å². The lowest BCUT2D eigenvalue weighted by atomic mass is 10.0. The molecule has 0 atom stereocenters. The van der Waals surface area contributed by atoms with Gasteiger partial charge in [0.25, 0.3) is 0 Å². The van der Waals surface area contributed by atoms with E-state index in [9.17, 15) is 4.79 Å². The first-order valence-electron chi connectivity index (χ1n) is 7.96. The number of esters is 1. The summed E-state index contributed by atoms with van der Waals surface area (Å²) < 4.78 is 5.38. The Morgan fingerprint density at radius 2 is 1.58 bits per heavy atom. The summed E-state index contributed by atoms with van der Waals surface area (Å²) in [5, 5.41) is 1.34. The molecular formula is C20H20Cl2O2. The lowest BCUT2D eigenvalue weighted by Gasteiger charge is -2.09. The standard InChI is InChI=1S/C20H20Cl2O2/c1-2-3-12-24-20(23)17(13-15-4-8-18(21)9-5-15)14-16-6-10-19(22)11-7-16/h4-11,13H,2-3,12,14H2,1H3/b17-13-. The molecule has 0 aliphatic heterocycles. The van der Waals surface area contributed by atoms with Crippen molar-refractivity contribution in [3.63, 3.8) is 0 Å². The molecule has 0 saturated heterocycles. The molecule has 2 nitrogen and oxygen atoms in total. The Kier molecular flexibility index (Phi) is 7.36. The number of rotatable bonds is 7. The molecule has 0 spiro atoms. The summed E-state index contributed by atoms with van der Waals surface area (Å²) in [6, 6.07) is 14.8. The summed E-state index contributed by atoms with van der Waals surface area (Å²) in [6.07, 6.45) is 4.19. The molecule has 2 aromatic rings. The van der Waals surface area contributed by atoms with Crippen molar-refractivity contribution in [1.29, 1.82) is 0 Å². The van der Waals surface area contributed by atoms with Crippen LogP contribution in [0.3, 0.4) is 0 Å². The average Bonchev–Trinajstić information content (AvgIpc) is 2.58. The van der Waals surface area contributed by atoms with Gasteiger partial charge in [-0.2, -0.15) is 0 Å². The van der Waals surface area contributed by atoms with E-state index in [1.54, 1.807) is 12.1 Å². The number of ether oxygens (including phenoxy) is 1. The predicted octanol–water partition coefficient (Wildman–Crippen LogP) is 5.96. The van der Waals surface area contributed by atoms with Crippen LogP contribution in [0.4, 0.5) is 0 Å². The molecule has 0 heterocycles. The third kappa shape index (κ3) is 6.03. The van der Waals surface area contributed by atoms with Gasteiger partial charge in [-0.1, -0.05) is 60.8 Å². The predicted molar refractivity (Wildman–Crippen MR) is 100 cm³/mol. The Balaban J connectivity index is 2.21. The van der Waals surface area contributed by atoms with E-state index in [-0.39, 0.29) is 5.97 Å². The van der Waals surface area contributed by atoms with Crippen LogP contribution in [0.2, 0.25) is 10.0 Å². The van der Waals surface area contributed by atoms with Gasteiger partial charge in [-0.15, -0.1) is 0 Å². The van der Waals surface area contributed by atoms with E-state index in [0.717, 1.165) is 24.0 Å². The van der Waals surface area contributed by atoms with Gasteiger partial charge in [0.05, 0.1) is 6.61 Å². The Morgan fingerprint density at radius 1 is 1.00 bits per heavy atom. The van der Waals surface area contributed by atoms with Crippen molar-refractivity contribution in [3.05, 3.63) is 75.3 Å². The zero-order valence-corrected chi connectivity index (χ0v) is 15.1. The monoisotopic (exact) mass is 362 g/mol. The fraction of sp³-hybridized carbons (Fsp3) is 0.250. The minimum atomic E-state index is -0.284. The van der Waals surface area contributed by atoms with Crippen molar-refractivity contribution >= 4 is 35.2 Å². The van der Waals surface area contributed by atoms with Crippen molar-refractivity contribution in [2.45, 2.75) is 26.2 Å². The fourth-order valence-corrected chi connectivity index (χ4v) is 2.42. The van der Waals surface area contributed by atoms with Crippen LogP contribution in [0.1, 0.15) is 30.9 Å². The van der Waals surface area contributed by atoms with Gasteiger partial charge in [0.15, 0.2) is 0 Å². The highest BCUT2D eigenvalue weighted by Crippen LogP contribution is 2.18. The number of carbonyl (C=O) groups is 1. The first-order chi connectivity index (χ1) is 11.6. The molecular weight excluding hydrogens is 343 g/mol. The summed E-state index contributed by atoms with van der Waals surface area (Å²) in [5.74, 6) is -0.284. The summed E-state index contributed by atoms with van der Waals surface area (Å²) >= 11 is 11.8. The summed E-state index contributed by atoms with van der Waals surface area (Å²) in [5.41, 5.74) is 2.53. The minimum absolute atomic E-state index is 0.284. The molecule has 0 amide bonds. The van der Waals surface area contributed by atoms with E-state index in [4.69, 9.17) is 27.9 Å². The van der Waals surface area contributed by atoms with Crippen LogP contribution in [-0.4, -0.2) is 12.6 Å². The zero-order valence-electron chi connectivity index (χ0n) is 13.6. The van der Waals surface area contributed by atoms with E-state index in [0.29, 0.717) is 28.6 Å². The van der Waals surface area contributed by atoms with Gasteiger partial charge in [0, 0.05) is 22.0 Å². The summed E-state index contributed by atoms with van der Waals surface area (Å²) in [4.78, 5) is 12.4. The minimum Gasteiger partial charge on any atom is -0.462 e. The van der Waals surface area contributed by atoms with Crippen molar-refractivity contribution < 1.29 is 9.53 Å². The molecule has 0 saturated carbocycles. The van der Waals surface area contributed by atoms with Crippen molar-refractivity contribution in [1.82, 2.24) is 0 Å². The van der Waals surface area contributed by atoms with Crippen LogP contribution in [-0.2, 0) is 16.0 Å². The van der Waals surface area contributed by atoms with Crippen LogP contribution < -0.4 is 0 Å². The second-order valence-corrected chi connectivity index (χ2v) is 6.39. The highest BCUT2D eigenvalue weighted by atomic mass is 35.5. The van der Waals surface area contributed by atoms with E-state index in [1.807, 2.05) is 42.5 Å². The van der Waals surface area contributed by atoms with Crippen molar-refractivity contribution in [2.75, 3.05) is 6.61 Å². The van der Waals surface area contributed by atoms with Crippen molar-refractivity contribution in [3.8, 4) is 0 Å². The Hall–Kier alpha value is -1.77. The molecule has 2 rings (SSSR count). The molecule has 4 heteroatoms. The molecule has 0 aliphatic rings.